The van der Waals surface area contributed by atoms with Crippen LogP contribution in [0.2, 0.25) is 0 Å². The molecule has 2 rings (SSSR count). The summed E-state index contributed by atoms with van der Waals surface area (Å²) in [4.78, 5) is 0. The van der Waals surface area contributed by atoms with Crippen molar-refractivity contribution < 1.29 is 9.47 Å². The van der Waals surface area contributed by atoms with E-state index in [1.54, 1.807) is 0 Å². The molecule has 0 aromatic heterocycles. The normalized spacial score (nSPS) is 17.4. The van der Waals surface area contributed by atoms with Crippen LogP contribution >= 0.6 is 0 Å². The number of hydrogen-bond donors (Lipinski definition) is 1. The Labute approximate surface area is 109 Å². The third-order valence-electron chi connectivity index (χ3n) is 3.17. The zero-order chi connectivity index (χ0) is 12.8. The molecule has 0 spiro atoms. The molecule has 1 aliphatic rings. The van der Waals surface area contributed by atoms with E-state index in [4.69, 9.17) is 9.47 Å². The van der Waals surface area contributed by atoms with Crippen LogP contribution in [0.1, 0.15) is 30.6 Å². The van der Waals surface area contributed by atoms with Crippen molar-refractivity contribution in [1.82, 2.24) is 5.32 Å². The molecular formula is C15H23NO2. The quantitative estimate of drug-likeness (QED) is 0.753. The van der Waals surface area contributed by atoms with Crippen molar-refractivity contribution >= 4 is 0 Å². The first-order valence-corrected chi connectivity index (χ1v) is 6.80. The second-order valence-corrected chi connectivity index (χ2v) is 4.90. The van der Waals surface area contributed by atoms with Crippen LogP contribution in [0.4, 0.5) is 0 Å². The van der Waals surface area contributed by atoms with E-state index in [-0.39, 0.29) is 12.2 Å². The van der Waals surface area contributed by atoms with Crippen molar-refractivity contribution in [3.05, 3.63) is 35.4 Å². The Morgan fingerprint density at radius 3 is 2.61 bits per heavy atom. The Balaban J connectivity index is 1.95. The molecule has 1 saturated heterocycles. The molecule has 1 atom stereocenters. The van der Waals surface area contributed by atoms with Gasteiger partial charge in [-0.25, -0.2) is 0 Å². The minimum atomic E-state index is 0.131. The lowest BCUT2D eigenvalue weighted by Gasteiger charge is -2.31. The molecular weight excluding hydrogens is 226 g/mol. The van der Waals surface area contributed by atoms with Crippen LogP contribution in [0.5, 0.6) is 0 Å². The highest BCUT2D eigenvalue weighted by Crippen LogP contribution is 2.21. The molecule has 0 amide bonds. The minimum absolute atomic E-state index is 0.131. The molecule has 1 fully saturated rings. The van der Waals surface area contributed by atoms with E-state index in [2.05, 4.69) is 43.4 Å². The highest BCUT2D eigenvalue weighted by atomic mass is 16.6. The van der Waals surface area contributed by atoms with E-state index in [1.807, 2.05) is 0 Å². The summed E-state index contributed by atoms with van der Waals surface area (Å²) in [5.41, 5.74) is 2.53. The Morgan fingerprint density at radius 1 is 1.33 bits per heavy atom. The number of benzene rings is 1. The Morgan fingerprint density at radius 2 is 2.06 bits per heavy atom. The zero-order valence-corrected chi connectivity index (χ0v) is 11.3. The standard InChI is InChI=1S/C15H23NO2/c1-3-8-16-9-15(18-14-10-17-11-14)13-6-4-12(2)5-7-13/h4-7,14-16H,3,8-11H2,1-2H3. The number of aryl methyl sites for hydroxylation is 1. The smallest absolute Gasteiger partial charge is 0.105 e. The predicted octanol–water partition coefficient (Wildman–Crippen LogP) is 2.45. The van der Waals surface area contributed by atoms with Crippen LogP contribution in [-0.4, -0.2) is 32.4 Å². The largest absolute Gasteiger partial charge is 0.376 e. The molecule has 0 bridgehead atoms. The fourth-order valence-electron chi connectivity index (χ4n) is 1.96. The average molecular weight is 249 g/mol. The Kier molecular flexibility index (Phi) is 5.17. The molecule has 3 nitrogen and oxygen atoms in total. The lowest BCUT2D eigenvalue weighted by molar-refractivity contribution is -0.155. The lowest BCUT2D eigenvalue weighted by atomic mass is 10.1. The molecule has 100 valence electrons. The summed E-state index contributed by atoms with van der Waals surface area (Å²) in [5, 5.41) is 3.44. The number of hydrogen-bond acceptors (Lipinski definition) is 3. The predicted molar refractivity (Wildman–Crippen MR) is 72.8 cm³/mol. The van der Waals surface area contributed by atoms with E-state index in [1.165, 1.54) is 11.1 Å². The van der Waals surface area contributed by atoms with Gasteiger partial charge in [0.1, 0.15) is 6.10 Å². The molecule has 1 N–H and O–H groups in total. The molecule has 0 radical (unpaired) electrons. The second-order valence-electron chi connectivity index (χ2n) is 4.90. The topological polar surface area (TPSA) is 30.5 Å². The molecule has 1 unspecified atom stereocenters. The number of rotatable bonds is 7. The van der Waals surface area contributed by atoms with Gasteiger partial charge < -0.3 is 14.8 Å². The van der Waals surface area contributed by atoms with Gasteiger partial charge in [-0.1, -0.05) is 36.8 Å². The van der Waals surface area contributed by atoms with E-state index < -0.39 is 0 Å². The zero-order valence-electron chi connectivity index (χ0n) is 11.3. The maximum Gasteiger partial charge on any atom is 0.105 e. The maximum absolute atomic E-state index is 6.07. The lowest BCUT2D eigenvalue weighted by Crippen LogP contribution is -2.39. The first-order valence-electron chi connectivity index (χ1n) is 6.80. The van der Waals surface area contributed by atoms with Crippen LogP contribution in [0.25, 0.3) is 0 Å². The van der Waals surface area contributed by atoms with Gasteiger partial charge in [0.25, 0.3) is 0 Å². The fraction of sp³-hybridized carbons (Fsp3) is 0.600. The van der Waals surface area contributed by atoms with Crippen LogP contribution < -0.4 is 5.32 Å². The Bertz CT molecular complexity index is 346. The van der Waals surface area contributed by atoms with Crippen molar-refractivity contribution in [2.24, 2.45) is 0 Å². The van der Waals surface area contributed by atoms with Gasteiger partial charge in [-0.2, -0.15) is 0 Å². The summed E-state index contributed by atoms with van der Waals surface area (Å²) in [6.07, 6.45) is 1.54. The van der Waals surface area contributed by atoms with Crippen LogP contribution in [0.3, 0.4) is 0 Å². The second kappa shape index (κ2) is 6.88. The van der Waals surface area contributed by atoms with Gasteiger partial charge in [0.15, 0.2) is 0 Å². The third kappa shape index (κ3) is 3.80. The van der Waals surface area contributed by atoms with Crippen LogP contribution in [-0.2, 0) is 9.47 Å². The monoisotopic (exact) mass is 249 g/mol. The van der Waals surface area contributed by atoms with E-state index in [0.717, 1.165) is 32.7 Å². The molecule has 18 heavy (non-hydrogen) atoms. The molecule has 0 saturated carbocycles. The highest BCUT2D eigenvalue weighted by Gasteiger charge is 2.24. The molecule has 1 aromatic carbocycles. The minimum Gasteiger partial charge on any atom is -0.376 e. The van der Waals surface area contributed by atoms with Gasteiger partial charge in [-0.15, -0.1) is 0 Å². The number of ether oxygens (including phenoxy) is 2. The highest BCUT2D eigenvalue weighted by molar-refractivity contribution is 5.23. The molecule has 1 heterocycles. The van der Waals surface area contributed by atoms with Gasteiger partial charge in [-0.3, -0.25) is 0 Å². The average Bonchev–Trinajstić information content (AvgIpc) is 2.33. The number of nitrogens with one attached hydrogen (secondary N) is 1. The summed E-state index contributed by atoms with van der Waals surface area (Å²) < 4.78 is 11.2. The maximum atomic E-state index is 6.07. The van der Waals surface area contributed by atoms with Crippen molar-refractivity contribution in [2.75, 3.05) is 26.3 Å². The van der Waals surface area contributed by atoms with Crippen molar-refractivity contribution in [3.8, 4) is 0 Å². The van der Waals surface area contributed by atoms with Crippen LogP contribution in [0, 0.1) is 6.92 Å². The fourth-order valence-corrected chi connectivity index (χ4v) is 1.96. The first-order chi connectivity index (χ1) is 8.79. The van der Waals surface area contributed by atoms with Crippen LogP contribution in [0.15, 0.2) is 24.3 Å². The molecule has 0 aliphatic carbocycles. The van der Waals surface area contributed by atoms with E-state index in [9.17, 15) is 0 Å². The summed E-state index contributed by atoms with van der Waals surface area (Å²) in [6, 6.07) is 8.60. The van der Waals surface area contributed by atoms with Gasteiger partial charge in [0, 0.05) is 6.54 Å². The van der Waals surface area contributed by atoms with Gasteiger partial charge in [0.2, 0.25) is 0 Å². The van der Waals surface area contributed by atoms with Gasteiger partial charge in [0.05, 0.1) is 19.3 Å². The summed E-state index contributed by atoms with van der Waals surface area (Å²) in [7, 11) is 0. The first kappa shape index (κ1) is 13.5. The van der Waals surface area contributed by atoms with Crippen molar-refractivity contribution in [2.45, 2.75) is 32.5 Å². The SMILES string of the molecule is CCCNCC(OC1COC1)c1ccc(C)cc1. The third-order valence-corrected chi connectivity index (χ3v) is 3.17. The van der Waals surface area contributed by atoms with E-state index >= 15 is 0 Å². The van der Waals surface area contributed by atoms with Gasteiger partial charge >= 0.3 is 0 Å². The summed E-state index contributed by atoms with van der Waals surface area (Å²) >= 11 is 0. The molecule has 3 heteroatoms. The van der Waals surface area contributed by atoms with Crippen molar-refractivity contribution in [1.29, 1.82) is 0 Å². The van der Waals surface area contributed by atoms with Gasteiger partial charge in [-0.05, 0) is 25.5 Å². The van der Waals surface area contributed by atoms with E-state index in [0.29, 0.717) is 0 Å². The summed E-state index contributed by atoms with van der Waals surface area (Å²) in [5.74, 6) is 0. The molecule has 1 aliphatic heterocycles. The Hall–Kier alpha value is -0.900. The summed E-state index contributed by atoms with van der Waals surface area (Å²) in [6.45, 7) is 7.65. The molecule has 1 aromatic rings. The van der Waals surface area contributed by atoms with Crippen molar-refractivity contribution in [3.63, 3.8) is 0 Å².